The molecule has 2 heterocycles. The number of aliphatic carboxylic acids is 1. The molecule has 5 nitrogen and oxygen atoms in total. The van der Waals surface area contributed by atoms with Crippen LogP contribution >= 0.6 is 22.9 Å². The topological polar surface area (TPSA) is 83.0 Å². The maximum absolute atomic E-state index is 12.8. The van der Waals surface area contributed by atoms with Crippen LogP contribution in [0.2, 0.25) is 5.02 Å². The van der Waals surface area contributed by atoms with Gasteiger partial charge in [-0.1, -0.05) is 17.7 Å². The summed E-state index contributed by atoms with van der Waals surface area (Å²) < 4.78 is 0. The molecular formula is C16H13ClN2O3S. The van der Waals surface area contributed by atoms with Crippen molar-refractivity contribution in [1.29, 1.82) is 0 Å². The van der Waals surface area contributed by atoms with Crippen LogP contribution in [0, 0.1) is 6.92 Å². The van der Waals surface area contributed by atoms with E-state index >= 15 is 0 Å². The van der Waals surface area contributed by atoms with E-state index in [9.17, 15) is 14.7 Å². The first-order valence-electron chi connectivity index (χ1n) is 6.89. The summed E-state index contributed by atoms with van der Waals surface area (Å²) in [6, 6.07) is 5.09. The molecule has 0 aliphatic rings. The second kappa shape index (κ2) is 5.79. The van der Waals surface area contributed by atoms with Gasteiger partial charge in [0.05, 0.1) is 11.6 Å². The fourth-order valence-corrected chi connectivity index (χ4v) is 3.42. The molecular weight excluding hydrogens is 336 g/mol. The Morgan fingerprint density at radius 1 is 1.39 bits per heavy atom. The van der Waals surface area contributed by atoms with E-state index in [4.69, 9.17) is 11.6 Å². The van der Waals surface area contributed by atoms with Gasteiger partial charge in [0.2, 0.25) is 5.78 Å². The molecule has 2 N–H and O–H groups in total. The monoisotopic (exact) mass is 348 g/mol. The molecule has 1 atom stereocenters. The van der Waals surface area contributed by atoms with Crippen molar-refractivity contribution < 1.29 is 14.7 Å². The predicted molar refractivity (Wildman–Crippen MR) is 89.6 cm³/mol. The number of aryl methyl sites for hydroxylation is 1. The maximum atomic E-state index is 12.8. The number of H-pyrrole nitrogens is 1. The molecule has 1 unspecified atom stereocenters. The summed E-state index contributed by atoms with van der Waals surface area (Å²) in [5.41, 5.74) is 2.11. The van der Waals surface area contributed by atoms with E-state index in [1.54, 1.807) is 37.4 Å². The Labute approximate surface area is 140 Å². The molecule has 0 spiro atoms. The van der Waals surface area contributed by atoms with Crippen molar-refractivity contribution in [2.45, 2.75) is 19.8 Å². The lowest BCUT2D eigenvalue weighted by molar-refractivity contribution is -0.138. The first-order chi connectivity index (χ1) is 10.9. The Bertz CT molecular complexity index is 929. The van der Waals surface area contributed by atoms with Crippen molar-refractivity contribution in [2.75, 3.05) is 0 Å². The lowest BCUT2D eigenvalue weighted by Crippen LogP contribution is -2.12. The average molecular weight is 349 g/mol. The van der Waals surface area contributed by atoms with E-state index in [1.807, 2.05) is 0 Å². The van der Waals surface area contributed by atoms with Gasteiger partial charge in [-0.2, -0.15) is 0 Å². The van der Waals surface area contributed by atoms with E-state index in [-0.39, 0.29) is 11.5 Å². The zero-order valence-corrected chi connectivity index (χ0v) is 14.0. The molecule has 0 amide bonds. The van der Waals surface area contributed by atoms with Crippen LogP contribution in [-0.4, -0.2) is 26.8 Å². The van der Waals surface area contributed by atoms with Crippen molar-refractivity contribution >= 4 is 45.6 Å². The van der Waals surface area contributed by atoms with Crippen LogP contribution < -0.4 is 0 Å². The van der Waals surface area contributed by atoms with Crippen LogP contribution in [0.5, 0.6) is 0 Å². The smallest absolute Gasteiger partial charge is 0.310 e. The summed E-state index contributed by atoms with van der Waals surface area (Å²) in [5.74, 6) is -2.13. The first-order valence-corrected chi connectivity index (χ1v) is 8.15. The first kappa shape index (κ1) is 15.7. The molecule has 0 saturated carbocycles. The molecule has 23 heavy (non-hydrogen) atoms. The number of carbonyl (C=O) groups excluding carboxylic acids is 1. The molecule has 0 bridgehead atoms. The Hall–Kier alpha value is -2.18. The van der Waals surface area contributed by atoms with E-state index in [0.717, 1.165) is 5.69 Å². The van der Waals surface area contributed by atoms with Gasteiger partial charge < -0.3 is 10.1 Å². The molecule has 0 aliphatic carbocycles. The summed E-state index contributed by atoms with van der Waals surface area (Å²) in [4.78, 5) is 31.4. The normalized spacial score (nSPS) is 12.5. The van der Waals surface area contributed by atoms with Crippen LogP contribution in [-0.2, 0) is 4.79 Å². The highest BCUT2D eigenvalue weighted by Crippen LogP contribution is 2.32. The van der Waals surface area contributed by atoms with Gasteiger partial charge in [0, 0.05) is 32.6 Å². The Balaban J connectivity index is 2.24. The van der Waals surface area contributed by atoms with E-state index in [0.29, 0.717) is 26.5 Å². The third-order valence-corrected chi connectivity index (χ3v) is 4.84. The number of benzene rings is 1. The highest BCUT2D eigenvalue weighted by Gasteiger charge is 2.27. The second-order valence-electron chi connectivity index (χ2n) is 5.29. The number of carboxylic acids is 1. The highest BCUT2D eigenvalue weighted by molar-refractivity contribution is 7.12. The summed E-state index contributed by atoms with van der Waals surface area (Å²) in [5, 5.41) is 12.7. The number of halogens is 1. The number of hydrogen-bond acceptors (Lipinski definition) is 4. The third kappa shape index (κ3) is 2.75. The molecule has 3 aromatic rings. The average Bonchev–Trinajstić information content (AvgIpc) is 3.08. The molecule has 1 aromatic carbocycles. The number of thiazole rings is 1. The zero-order chi connectivity index (χ0) is 16.7. The number of rotatable bonds is 4. The minimum absolute atomic E-state index is 0.256. The van der Waals surface area contributed by atoms with Gasteiger partial charge in [-0.25, -0.2) is 4.98 Å². The van der Waals surface area contributed by atoms with Crippen molar-refractivity contribution in [3.05, 3.63) is 50.6 Å². The number of ketones is 1. The van der Waals surface area contributed by atoms with Gasteiger partial charge in [-0.3, -0.25) is 9.59 Å². The Morgan fingerprint density at radius 3 is 2.74 bits per heavy atom. The molecule has 0 fully saturated rings. The molecule has 7 heteroatoms. The maximum Gasteiger partial charge on any atom is 0.310 e. The van der Waals surface area contributed by atoms with Crippen LogP contribution in [0.25, 0.3) is 10.9 Å². The lowest BCUT2D eigenvalue weighted by Gasteiger charge is -2.07. The molecule has 0 saturated heterocycles. The van der Waals surface area contributed by atoms with Crippen molar-refractivity contribution in [2.24, 2.45) is 0 Å². The van der Waals surface area contributed by atoms with E-state index in [1.165, 1.54) is 11.3 Å². The van der Waals surface area contributed by atoms with Crippen LogP contribution in [0.15, 0.2) is 23.6 Å². The molecule has 0 aliphatic heterocycles. The summed E-state index contributed by atoms with van der Waals surface area (Å²) >= 11 is 7.23. The number of aromatic amines is 1. The van der Waals surface area contributed by atoms with Crippen LogP contribution in [0.4, 0.5) is 0 Å². The van der Waals surface area contributed by atoms with Crippen molar-refractivity contribution in [3.63, 3.8) is 0 Å². The number of hydrogen-bond donors (Lipinski definition) is 2. The zero-order valence-electron chi connectivity index (χ0n) is 12.4. The van der Waals surface area contributed by atoms with E-state index < -0.39 is 11.9 Å². The number of nitrogens with one attached hydrogen (secondary N) is 1. The largest absolute Gasteiger partial charge is 0.481 e. The minimum Gasteiger partial charge on any atom is -0.481 e. The fourth-order valence-electron chi connectivity index (χ4n) is 2.51. The molecule has 118 valence electrons. The van der Waals surface area contributed by atoms with Crippen molar-refractivity contribution in [1.82, 2.24) is 9.97 Å². The van der Waals surface area contributed by atoms with Crippen LogP contribution in [0.3, 0.4) is 0 Å². The minimum atomic E-state index is -0.995. The van der Waals surface area contributed by atoms with Gasteiger partial charge in [0.25, 0.3) is 0 Å². The standard InChI is InChI=1S/C16H13ClN2O3S/c1-7-6-23-15(18-7)14(20)13-12(8(2)16(21)22)10-4-3-9(17)5-11(10)19-13/h3-6,8,19H,1-2H3,(H,21,22). The Morgan fingerprint density at radius 2 is 2.13 bits per heavy atom. The molecule has 0 radical (unpaired) electrons. The third-order valence-electron chi connectivity index (χ3n) is 3.64. The number of carbonyl (C=O) groups is 2. The summed E-state index contributed by atoms with van der Waals surface area (Å²) in [7, 11) is 0. The van der Waals surface area contributed by atoms with Gasteiger partial charge >= 0.3 is 5.97 Å². The number of aromatic nitrogens is 2. The highest BCUT2D eigenvalue weighted by atomic mass is 35.5. The predicted octanol–water partition coefficient (Wildman–Crippen LogP) is 4.01. The van der Waals surface area contributed by atoms with Crippen molar-refractivity contribution in [3.8, 4) is 0 Å². The van der Waals surface area contributed by atoms with Crippen LogP contribution in [0.1, 0.15) is 39.6 Å². The lowest BCUT2D eigenvalue weighted by atomic mass is 9.96. The summed E-state index contributed by atoms with van der Waals surface area (Å²) in [6.07, 6.45) is 0. The van der Waals surface area contributed by atoms with E-state index in [2.05, 4.69) is 9.97 Å². The van der Waals surface area contributed by atoms with Gasteiger partial charge in [0.15, 0.2) is 5.01 Å². The quantitative estimate of drug-likeness (QED) is 0.698. The fraction of sp³-hybridized carbons (Fsp3) is 0.188. The number of nitrogens with zero attached hydrogens (tertiary/aromatic N) is 1. The second-order valence-corrected chi connectivity index (χ2v) is 6.58. The molecule has 2 aromatic heterocycles. The van der Waals surface area contributed by atoms with Gasteiger partial charge in [-0.15, -0.1) is 11.3 Å². The number of fused-ring (bicyclic) bond motifs is 1. The van der Waals surface area contributed by atoms with Gasteiger partial charge in [0.1, 0.15) is 0 Å². The number of carboxylic acid groups (broad SMARTS) is 1. The SMILES string of the molecule is Cc1csc(C(=O)c2[nH]c3cc(Cl)ccc3c2C(C)C(=O)O)n1. The molecule has 3 rings (SSSR count). The Kier molecular flexibility index (Phi) is 3.95. The summed E-state index contributed by atoms with van der Waals surface area (Å²) in [6.45, 7) is 3.36. The van der Waals surface area contributed by atoms with Gasteiger partial charge in [-0.05, 0) is 26.0 Å².